The van der Waals surface area contributed by atoms with E-state index in [0.717, 1.165) is 12.1 Å². The van der Waals surface area contributed by atoms with Gasteiger partial charge in [-0.15, -0.1) is 5.10 Å². The maximum Gasteiger partial charge on any atom is 0.416 e. The quantitative estimate of drug-likeness (QED) is 0.309. The van der Waals surface area contributed by atoms with Crippen molar-refractivity contribution in [1.29, 1.82) is 0 Å². The van der Waals surface area contributed by atoms with Crippen molar-refractivity contribution in [2.45, 2.75) is 6.18 Å². The number of benzene rings is 3. The molecule has 0 aliphatic heterocycles. The smallest absolute Gasteiger partial charge is 0.416 e. The highest BCUT2D eigenvalue weighted by atomic mass is 19.4. The third kappa shape index (κ3) is 6.25. The maximum atomic E-state index is 13.3. The number of rotatable bonds is 9. The number of aromatic nitrogens is 3. The molecule has 0 unspecified atom stereocenters. The van der Waals surface area contributed by atoms with Crippen LogP contribution < -0.4 is 14.8 Å². The van der Waals surface area contributed by atoms with Crippen molar-refractivity contribution >= 4 is 11.6 Å². The second-order valence-electron chi connectivity index (χ2n) is 7.78. The number of anilines is 1. The molecule has 0 spiro atoms. The van der Waals surface area contributed by atoms with Gasteiger partial charge in [-0.1, -0.05) is 12.1 Å². The van der Waals surface area contributed by atoms with E-state index in [0.29, 0.717) is 22.7 Å². The van der Waals surface area contributed by atoms with Crippen molar-refractivity contribution in [3.63, 3.8) is 0 Å². The average Bonchev–Trinajstić information content (AvgIpc) is 3.33. The molecule has 37 heavy (non-hydrogen) atoms. The molecular formula is C26H23F3N4O4. The van der Waals surface area contributed by atoms with Gasteiger partial charge in [-0.05, 0) is 60.7 Å². The van der Waals surface area contributed by atoms with Crippen LogP contribution in [-0.2, 0) is 10.9 Å². The number of hydrogen-bond donors (Lipinski definition) is 1. The molecule has 1 amide bonds. The zero-order valence-electron chi connectivity index (χ0n) is 20.0. The molecule has 0 radical (unpaired) electrons. The Morgan fingerprint density at radius 1 is 0.973 bits per heavy atom. The highest BCUT2D eigenvalue weighted by Crippen LogP contribution is 2.33. The Balaban J connectivity index is 1.61. The lowest BCUT2D eigenvalue weighted by Crippen LogP contribution is -2.11. The van der Waals surface area contributed by atoms with E-state index in [1.165, 1.54) is 23.9 Å². The zero-order valence-corrected chi connectivity index (χ0v) is 20.0. The summed E-state index contributed by atoms with van der Waals surface area (Å²) in [5.74, 6) is 0.485. The van der Waals surface area contributed by atoms with Crippen molar-refractivity contribution in [2.75, 3.05) is 32.8 Å². The summed E-state index contributed by atoms with van der Waals surface area (Å²) in [4.78, 5) is 16.9. The summed E-state index contributed by atoms with van der Waals surface area (Å²) in [6.45, 7) is 0.453. The summed E-state index contributed by atoms with van der Waals surface area (Å²) >= 11 is 0. The molecule has 0 aliphatic carbocycles. The number of methoxy groups -OCH3 is 2. The summed E-state index contributed by atoms with van der Waals surface area (Å²) in [6, 6.07) is 18.1. The molecule has 1 heterocycles. The summed E-state index contributed by atoms with van der Waals surface area (Å²) < 4.78 is 56.8. The van der Waals surface area contributed by atoms with Crippen LogP contribution in [-0.4, -0.2) is 48.1 Å². The van der Waals surface area contributed by atoms with E-state index in [1.807, 2.05) is 0 Å². The number of nitrogens with zero attached hydrogens (tertiary/aromatic N) is 3. The molecule has 0 atom stereocenters. The van der Waals surface area contributed by atoms with Crippen LogP contribution in [0.25, 0.3) is 17.1 Å². The number of alkyl halides is 3. The predicted molar refractivity (Wildman–Crippen MR) is 130 cm³/mol. The van der Waals surface area contributed by atoms with Gasteiger partial charge in [0.15, 0.2) is 5.82 Å². The Labute approximate surface area is 210 Å². The fourth-order valence-electron chi connectivity index (χ4n) is 3.40. The number of hydrogen-bond acceptors (Lipinski definition) is 6. The van der Waals surface area contributed by atoms with Gasteiger partial charge in [-0.2, -0.15) is 18.2 Å². The first-order valence-electron chi connectivity index (χ1n) is 11.1. The van der Waals surface area contributed by atoms with Gasteiger partial charge in [0.2, 0.25) is 0 Å². The molecular weight excluding hydrogens is 489 g/mol. The molecule has 11 heteroatoms. The van der Waals surface area contributed by atoms with Crippen LogP contribution in [0.2, 0.25) is 0 Å². The molecule has 0 aliphatic rings. The van der Waals surface area contributed by atoms with Crippen molar-refractivity contribution in [1.82, 2.24) is 14.8 Å². The van der Waals surface area contributed by atoms with Crippen LogP contribution in [0.1, 0.15) is 15.9 Å². The standard InChI is InChI=1S/C26H23F3N4O4/c1-35-14-15-37-25-31-23(18-4-3-5-19(16-18)26(27,28)29)33(32-25)21-10-8-20(9-11-21)30-24(34)17-6-12-22(36-2)13-7-17/h3-13,16H,14-15H2,1-2H3,(H,30,34). The highest BCUT2D eigenvalue weighted by molar-refractivity contribution is 6.04. The number of amides is 1. The zero-order chi connectivity index (χ0) is 26.4. The van der Waals surface area contributed by atoms with Crippen LogP contribution >= 0.6 is 0 Å². The van der Waals surface area contributed by atoms with Gasteiger partial charge < -0.3 is 19.5 Å². The molecule has 4 aromatic rings. The Morgan fingerprint density at radius 2 is 1.70 bits per heavy atom. The fraction of sp³-hybridized carbons (Fsp3) is 0.192. The molecule has 0 saturated heterocycles. The van der Waals surface area contributed by atoms with E-state index in [-0.39, 0.29) is 36.5 Å². The van der Waals surface area contributed by atoms with Crippen molar-refractivity contribution in [3.8, 4) is 28.8 Å². The molecule has 0 saturated carbocycles. The number of nitrogens with one attached hydrogen (secondary N) is 1. The first-order valence-corrected chi connectivity index (χ1v) is 11.1. The minimum Gasteiger partial charge on any atom is -0.497 e. The molecule has 0 bridgehead atoms. The van der Waals surface area contributed by atoms with Gasteiger partial charge in [0, 0.05) is 23.9 Å². The Hall–Kier alpha value is -4.38. The Kier molecular flexibility index (Phi) is 7.73. The summed E-state index contributed by atoms with van der Waals surface area (Å²) in [7, 11) is 3.05. The van der Waals surface area contributed by atoms with E-state index in [9.17, 15) is 18.0 Å². The molecule has 1 N–H and O–H groups in total. The average molecular weight is 512 g/mol. The second kappa shape index (κ2) is 11.1. The third-order valence-corrected chi connectivity index (χ3v) is 5.28. The highest BCUT2D eigenvalue weighted by Gasteiger charge is 2.31. The van der Waals surface area contributed by atoms with E-state index in [1.54, 1.807) is 55.6 Å². The lowest BCUT2D eigenvalue weighted by molar-refractivity contribution is -0.137. The lowest BCUT2D eigenvalue weighted by atomic mass is 10.1. The molecule has 8 nitrogen and oxygen atoms in total. The van der Waals surface area contributed by atoms with Gasteiger partial charge in [-0.25, -0.2) is 4.68 Å². The Bertz CT molecular complexity index is 1350. The molecule has 1 aromatic heterocycles. The van der Waals surface area contributed by atoms with Crippen molar-refractivity contribution < 1.29 is 32.2 Å². The SMILES string of the molecule is COCCOc1nc(-c2cccc(C(F)(F)F)c2)n(-c2ccc(NC(=O)c3ccc(OC)cc3)cc2)n1. The number of halogens is 3. The lowest BCUT2D eigenvalue weighted by Gasteiger charge is -2.10. The van der Waals surface area contributed by atoms with Crippen LogP contribution in [0.3, 0.4) is 0 Å². The monoisotopic (exact) mass is 512 g/mol. The molecule has 192 valence electrons. The van der Waals surface area contributed by atoms with Gasteiger partial charge in [-0.3, -0.25) is 4.79 Å². The summed E-state index contributed by atoms with van der Waals surface area (Å²) in [5.41, 5.74) is 0.871. The number of carbonyl (C=O) groups is 1. The largest absolute Gasteiger partial charge is 0.497 e. The minimum absolute atomic E-state index is 0.0126. The summed E-state index contributed by atoms with van der Waals surface area (Å²) in [5, 5.41) is 7.12. The second-order valence-corrected chi connectivity index (χ2v) is 7.78. The van der Waals surface area contributed by atoms with Gasteiger partial charge in [0.25, 0.3) is 5.91 Å². The topological polar surface area (TPSA) is 87.5 Å². The van der Waals surface area contributed by atoms with E-state index in [4.69, 9.17) is 14.2 Å². The van der Waals surface area contributed by atoms with Crippen LogP contribution in [0.4, 0.5) is 18.9 Å². The fourth-order valence-corrected chi connectivity index (χ4v) is 3.40. The third-order valence-electron chi connectivity index (χ3n) is 5.28. The minimum atomic E-state index is -4.51. The van der Waals surface area contributed by atoms with Crippen LogP contribution in [0, 0.1) is 0 Å². The van der Waals surface area contributed by atoms with Gasteiger partial charge in [0.05, 0.1) is 25.0 Å². The normalized spacial score (nSPS) is 11.3. The van der Waals surface area contributed by atoms with E-state index >= 15 is 0 Å². The maximum absolute atomic E-state index is 13.3. The van der Waals surface area contributed by atoms with Gasteiger partial charge >= 0.3 is 12.2 Å². The first-order chi connectivity index (χ1) is 17.8. The van der Waals surface area contributed by atoms with E-state index < -0.39 is 11.7 Å². The van der Waals surface area contributed by atoms with Crippen molar-refractivity contribution in [3.05, 3.63) is 83.9 Å². The predicted octanol–water partition coefficient (Wildman–Crippen LogP) is 5.24. The molecule has 0 fully saturated rings. The molecule has 3 aromatic carbocycles. The first kappa shape index (κ1) is 25.7. The van der Waals surface area contributed by atoms with Crippen LogP contribution in [0.5, 0.6) is 11.8 Å². The van der Waals surface area contributed by atoms with Gasteiger partial charge in [0.1, 0.15) is 12.4 Å². The number of carbonyl (C=O) groups excluding carboxylic acids is 1. The van der Waals surface area contributed by atoms with Crippen LogP contribution in [0.15, 0.2) is 72.8 Å². The summed E-state index contributed by atoms with van der Waals surface area (Å²) in [6.07, 6.45) is -4.51. The Morgan fingerprint density at radius 3 is 2.35 bits per heavy atom. The number of ether oxygens (including phenoxy) is 3. The van der Waals surface area contributed by atoms with E-state index in [2.05, 4.69) is 15.4 Å². The van der Waals surface area contributed by atoms with Crippen molar-refractivity contribution in [2.24, 2.45) is 0 Å². The molecule has 4 rings (SSSR count).